The van der Waals surface area contributed by atoms with Crippen molar-refractivity contribution in [2.75, 3.05) is 17.7 Å². The van der Waals surface area contributed by atoms with E-state index in [1.54, 1.807) is 25.3 Å². The summed E-state index contributed by atoms with van der Waals surface area (Å²) in [6, 6.07) is 11.9. The summed E-state index contributed by atoms with van der Waals surface area (Å²) in [5.74, 6) is 0.636. The highest BCUT2D eigenvalue weighted by molar-refractivity contribution is 7.80. The molecule has 0 heterocycles. The van der Waals surface area contributed by atoms with E-state index in [2.05, 4.69) is 10.6 Å². The van der Waals surface area contributed by atoms with Gasteiger partial charge < -0.3 is 15.4 Å². The van der Waals surface area contributed by atoms with Crippen LogP contribution in [0.1, 0.15) is 5.56 Å². The molecule has 6 nitrogen and oxygen atoms in total. The Morgan fingerprint density at radius 1 is 1.18 bits per heavy atom. The van der Waals surface area contributed by atoms with Gasteiger partial charge in [0.1, 0.15) is 11.4 Å². The largest absolute Gasteiger partial charge is 0.495 e. The third-order valence-corrected chi connectivity index (χ3v) is 3.16. The Balaban J connectivity index is 2.18. The molecule has 0 saturated heterocycles. The minimum Gasteiger partial charge on any atom is -0.495 e. The molecule has 0 atom stereocenters. The van der Waals surface area contributed by atoms with Crippen molar-refractivity contribution in [1.82, 2.24) is 0 Å². The van der Waals surface area contributed by atoms with Crippen LogP contribution in [0.2, 0.25) is 0 Å². The van der Waals surface area contributed by atoms with Crippen LogP contribution in [0, 0.1) is 17.0 Å². The van der Waals surface area contributed by atoms with Crippen LogP contribution in [-0.4, -0.2) is 17.1 Å². The summed E-state index contributed by atoms with van der Waals surface area (Å²) in [6.07, 6.45) is 0. The fraction of sp³-hybridized carbons (Fsp3) is 0.133. The molecular weight excluding hydrogens is 302 g/mol. The molecule has 0 saturated carbocycles. The van der Waals surface area contributed by atoms with Crippen LogP contribution in [0.4, 0.5) is 17.1 Å². The van der Waals surface area contributed by atoms with Gasteiger partial charge in [-0.2, -0.15) is 0 Å². The van der Waals surface area contributed by atoms with Crippen LogP contribution >= 0.6 is 12.2 Å². The van der Waals surface area contributed by atoms with E-state index in [0.717, 1.165) is 5.56 Å². The number of rotatable bonds is 4. The fourth-order valence-corrected chi connectivity index (χ4v) is 2.15. The molecule has 2 aromatic rings. The number of hydrogen-bond acceptors (Lipinski definition) is 4. The van der Waals surface area contributed by atoms with Crippen molar-refractivity contribution in [3.63, 3.8) is 0 Å². The standard InChI is InChI=1S/C15H15N3O3S/c1-10-7-8-14(21-2)12(9-10)17-15(22)16-11-5-3-4-6-13(11)18(19)20/h3-9H,1-2H3,(H2,16,17,22). The second-order valence-corrected chi connectivity index (χ2v) is 4.97. The number of hydrogen-bond donors (Lipinski definition) is 2. The second-order valence-electron chi connectivity index (χ2n) is 4.56. The van der Waals surface area contributed by atoms with Gasteiger partial charge >= 0.3 is 0 Å². The summed E-state index contributed by atoms with van der Waals surface area (Å²) in [7, 11) is 1.56. The molecule has 0 radical (unpaired) electrons. The molecular formula is C15H15N3O3S. The molecule has 2 N–H and O–H groups in total. The van der Waals surface area contributed by atoms with Crippen molar-refractivity contribution in [2.24, 2.45) is 0 Å². The highest BCUT2D eigenvalue weighted by atomic mass is 32.1. The van der Waals surface area contributed by atoms with Gasteiger partial charge in [-0.15, -0.1) is 0 Å². The molecule has 2 rings (SSSR count). The van der Waals surface area contributed by atoms with Crippen molar-refractivity contribution >= 4 is 34.4 Å². The van der Waals surface area contributed by atoms with Crippen LogP contribution in [0.15, 0.2) is 42.5 Å². The lowest BCUT2D eigenvalue weighted by atomic mass is 10.2. The summed E-state index contributed by atoms with van der Waals surface area (Å²) in [5, 5.41) is 17.1. The lowest BCUT2D eigenvalue weighted by molar-refractivity contribution is -0.383. The van der Waals surface area contributed by atoms with Gasteiger partial charge in [-0.1, -0.05) is 18.2 Å². The lowest BCUT2D eigenvalue weighted by Gasteiger charge is -2.14. The van der Waals surface area contributed by atoms with Crippen LogP contribution < -0.4 is 15.4 Å². The maximum atomic E-state index is 11.0. The number of ether oxygens (including phenoxy) is 1. The minimum atomic E-state index is -0.460. The molecule has 2 aromatic carbocycles. The monoisotopic (exact) mass is 317 g/mol. The molecule has 114 valence electrons. The zero-order valence-electron chi connectivity index (χ0n) is 12.1. The molecule has 0 aromatic heterocycles. The van der Waals surface area contributed by atoms with E-state index in [4.69, 9.17) is 17.0 Å². The Morgan fingerprint density at radius 2 is 1.86 bits per heavy atom. The maximum Gasteiger partial charge on any atom is 0.292 e. The Labute approximate surface area is 133 Å². The van der Waals surface area contributed by atoms with Crippen LogP contribution in [-0.2, 0) is 0 Å². The topological polar surface area (TPSA) is 76.4 Å². The summed E-state index contributed by atoms with van der Waals surface area (Å²) in [5.41, 5.74) is 2.02. The zero-order chi connectivity index (χ0) is 16.1. The van der Waals surface area contributed by atoms with Gasteiger partial charge in [-0.3, -0.25) is 10.1 Å². The van der Waals surface area contributed by atoms with E-state index in [-0.39, 0.29) is 10.8 Å². The summed E-state index contributed by atoms with van der Waals surface area (Å²) < 4.78 is 5.26. The molecule has 0 spiro atoms. The van der Waals surface area contributed by atoms with Crippen molar-refractivity contribution in [3.05, 3.63) is 58.1 Å². The Hall–Kier alpha value is -2.67. The van der Waals surface area contributed by atoms with Gasteiger partial charge in [-0.25, -0.2) is 0 Å². The van der Waals surface area contributed by atoms with E-state index in [1.807, 2.05) is 25.1 Å². The molecule has 0 bridgehead atoms. The first-order valence-corrected chi connectivity index (χ1v) is 6.88. The molecule has 7 heteroatoms. The Bertz CT molecular complexity index is 719. The van der Waals surface area contributed by atoms with Crippen LogP contribution in [0.3, 0.4) is 0 Å². The molecule has 0 amide bonds. The highest BCUT2D eigenvalue weighted by Gasteiger charge is 2.14. The number of benzene rings is 2. The Morgan fingerprint density at radius 3 is 2.55 bits per heavy atom. The van der Waals surface area contributed by atoms with Gasteiger partial charge in [0.25, 0.3) is 5.69 Å². The summed E-state index contributed by atoms with van der Waals surface area (Å²) in [4.78, 5) is 10.5. The summed E-state index contributed by atoms with van der Waals surface area (Å²) in [6.45, 7) is 1.95. The molecule has 22 heavy (non-hydrogen) atoms. The van der Waals surface area contributed by atoms with Crippen molar-refractivity contribution in [2.45, 2.75) is 6.92 Å². The van der Waals surface area contributed by atoms with Gasteiger partial charge in [-0.05, 0) is 42.9 Å². The number of para-hydroxylation sites is 2. The summed E-state index contributed by atoms with van der Waals surface area (Å²) >= 11 is 5.21. The number of nitrogens with zero attached hydrogens (tertiary/aromatic N) is 1. The highest BCUT2D eigenvalue weighted by Crippen LogP contribution is 2.27. The number of nitro groups is 1. The Kier molecular flexibility index (Phi) is 4.90. The van der Waals surface area contributed by atoms with Gasteiger partial charge in [0.2, 0.25) is 0 Å². The normalized spacial score (nSPS) is 9.91. The van der Waals surface area contributed by atoms with Crippen LogP contribution in [0.5, 0.6) is 5.75 Å². The number of nitrogens with one attached hydrogen (secondary N) is 2. The van der Waals surface area contributed by atoms with Gasteiger partial charge in [0, 0.05) is 6.07 Å². The van der Waals surface area contributed by atoms with Crippen molar-refractivity contribution in [3.8, 4) is 5.75 Å². The molecule has 0 aliphatic rings. The van der Waals surface area contributed by atoms with E-state index >= 15 is 0 Å². The van der Waals surface area contributed by atoms with E-state index < -0.39 is 4.92 Å². The first-order chi connectivity index (χ1) is 10.5. The van der Waals surface area contributed by atoms with Crippen molar-refractivity contribution in [1.29, 1.82) is 0 Å². The minimum absolute atomic E-state index is 0.0390. The average molecular weight is 317 g/mol. The molecule has 0 unspecified atom stereocenters. The lowest BCUT2D eigenvalue weighted by Crippen LogP contribution is -2.20. The molecule has 0 aliphatic carbocycles. The zero-order valence-corrected chi connectivity index (χ0v) is 12.9. The first kappa shape index (κ1) is 15.7. The SMILES string of the molecule is COc1ccc(C)cc1NC(=S)Nc1ccccc1[N+](=O)[O-]. The first-order valence-electron chi connectivity index (χ1n) is 6.47. The third-order valence-electron chi connectivity index (χ3n) is 2.95. The van der Waals surface area contributed by atoms with Crippen LogP contribution in [0.25, 0.3) is 0 Å². The predicted octanol–water partition coefficient (Wildman–Crippen LogP) is 3.72. The second kappa shape index (κ2) is 6.86. The predicted molar refractivity (Wildman–Crippen MR) is 90.7 cm³/mol. The number of anilines is 2. The van der Waals surface area contributed by atoms with Gasteiger partial charge in [0.15, 0.2) is 5.11 Å². The number of nitro benzene ring substituents is 1. The fourth-order valence-electron chi connectivity index (χ4n) is 1.93. The quantitative estimate of drug-likeness (QED) is 0.508. The number of thiocarbonyl (C=S) groups is 1. The molecule has 0 aliphatic heterocycles. The van der Waals surface area contributed by atoms with Crippen molar-refractivity contribution < 1.29 is 9.66 Å². The van der Waals surface area contributed by atoms with E-state index in [9.17, 15) is 10.1 Å². The van der Waals surface area contributed by atoms with Gasteiger partial charge in [0.05, 0.1) is 17.7 Å². The maximum absolute atomic E-state index is 11.0. The third kappa shape index (κ3) is 3.70. The molecule has 0 fully saturated rings. The van der Waals surface area contributed by atoms with E-state index in [1.165, 1.54) is 6.07 Å². The smallest absolute Gasteiger partial charge is 0.292 e. The number of methoxy groups -OCH3 is 1. The number of aryl methyl sites for hydroxylation is 1. The van der Waals surface area contributed by atoms with E-state index in [0.29, 0.717) is 17.1 Å². The average Bonchev–Trinajstić information content (AvgIpc) is 2.47.